The smallest absolute Gasteiger partial charge is 0.237 e. The van der Waals surface area contributed by atoms with Gasteiger partial charge in [-0.3, -0.25) is 10.2 Å². The van der Waals surface area contributed by atoms with Gasteiger partial charge in [0.05, 0.1) is 23.9 Å². The Labute approximate surface area is 178 Å². The third-order valence-corrected chi connectivity index (χ3v) is 6.70. The molecule has 1 aromatic carbocycles. The molecule has 3 heterocycles. The molecule has 160 valence electrons. The maximum absolute atomic E-state index is 13.5. The van der Waals surface area contributed by atoms with Crippen LogP contribution in [0.4, 0.5) is 5.69 Å². The van der Waals surface area contributed by atoms with E-state index in [1.54, 1.807) is 4.90 Å². The molecule has 0 radical (unpaired) electrons. The quantitative estimate of drug-likeness (QED) is 0.696. The molecule has 0 spiro atoms. The molecule has 0 saturated carbocycles. The fourth-order valence-electron chi connectivity index (χ4n) is 5.15. The molecule has 4 rings (SSSR count). The van der Waals surface area contributed by atoms with E-state index in [0.29, 0.717) is 6.54 Å². The van der Waals surface area contributed by atoms with Crippen molar-refractivity contribution in [2.24, 2.45) is 5.10 Å². The van der Waals surface area contributed by atoms with Crippen molar-refractivity contribution in [3.05, 3.63) is 40.7 Å². The van der Waals surface area contributed by atoms with E-state index in [9.17, 15) is 9.90 Å². The number of aromatic nitrogens is 1. The second kappa shape index (κ2) is 8.26. The zero-order valence-corrected chi connectivity index (χ0v) is 18.2. The molecule has 0 fully saturated rings. The van der Waals surface area contributed by atoms with Gasteiger partial charge in [-0.05, 0) is 62.3 Å². The number of hydrogen-bond donors (Lipinski definition) is 3. The lowest BCUT2D eigenvalue weighted by Gasteiger charge is -2.27. The number of H-pyrrole nitrogens is 1. The maximum Gasteiger partial charge on any atom is 0.237 e. The molecule has 2 aliphatic heterocycles. The fraction of sp³-hybridized carbons (Fsp3) is 0.500. The van der Waals surface area contributed by atoms with Crippen molar-refractivity contribution in [1.29, 1.82) is 0 Å². The summed E-state index contributed by atoms with van der Waals surface area (Å²) in [6, 6.07) is 4.34. The number of carbonyl (C=O) groups is 1. The molecule has 6 heteroatoms. The summed E-state index contributed by atoms with van der Waals surface area (Å²) in [5.74, 6) is 0.131. The lowest BCUT2D eigenvalue weighted by Crippen LogP contribution is -2.41. The number of hydrazone groups is 1. The lowest BCUT2D eigenvalue weighted by atomic mass is 9.75. The van der Waals surface area contributed by atoms with Crippen molar-refractivity contribution in [2.75, 3.05) is 18.1 Å². The Morgan fingerprint density at radius 3 is 2.83 bits per heavy atom. The van der Waals surface area contributed by atoms with Crippen LogP contribution in [-0.2, 0) is 16.6 Å². The van der Waals surface area contributed by atoms with E-state index < -0.39 is 5.41 Å². The minimum atomic E-state index is -0.502. The number of nitrogens with one attached hydrogen (secondary N) is 2. The molecule has 0 saturated heterocycles. The molecule has 2 aliphatic rings. The van der Waals surface area contributed by atoms with Crippen molar-refractivity contribution in [2.45, 2.75) is 64.7 Å². The summed E-state index contributed by atoms with van der Waals surface area (Å²) >= 11 is 0. The third kappa shape index (κ3) is 3.23. The Morgan fingerprint density at radius 1 is 1.27 bits per heavy atom. The van der Waals surface area contributed by atoms with Crippen LogP contribution in [-0.4, -0.2) is 35.4 Å². The molecule has 30 heavy (non-hydrogen) atoms. The third-order valence-electron chi connectivity index (χ3n) is 6.70. The van der Waals surface area contributed by atoms with E-state index in [1.165, 1.54) is 11.1 Å². The summed E-state index contributed by atoms with van der Waals surface area (Å²) < 4.78 is 0. The molecule has 0 aliphatic carbocycles. The number of aryl methyl sites for hydroxylation is 1. The number of amides is 1. The number of nitrogens with zero attached hydrogens (tertiary/aromatic N) is 2. The molecule has 1 atom stereocenters. The number of hydrogen-bond acceptors (Lipinski definition) is 4. The molecule has 1 unspecified atom stereocenters. The number of β-amino-alcohol motifs (C(OH)–C–C–N with tert-alkyl or cyclic N) is 1. The highest BCUT2D eigenvalue weighted by Crippen LogP contribution is 2.48. The molecule has 1 aromatic heterocycles. The number of allylic oxidation sites excluding steroid dienone is 1. The number of carbonyl (C=O) groups excluding carboxylic acids is 1. The predicted octanol–water partition coefficient (Wildman–Crippen LogP) is 4.12. The van der Waals surface area contributed by atoms with Crippen LogP contribution < -0.4 is 10.3 Å². The molecule has 3 N–H and O–H groups in total. The van der Waals surface area contributed by atoms with Crippen molar-refractivity contribution in [1.82, 2.24) is 10.4 Å². The summed E-state index contributed by atoms with van der Waals surface area (Å²) in [7, 11) is 0. The number of aromatic amines is 1. The van der Waals surface area contributed by atoms with E-state index in [1.807, 2.05) is 12.4 Å². The SMILES string of the molecule is CCCC1(CC)C(=O)N(CCO)c2cc3c4c([nH]c3cc21)/C=N/N/C=C(\C)CCC4. The van der Waals surface area contributed by atoms with Gasteiger partial charge in [-0.2, -0.15) is 5.10 Å². The average molecular weight is 409 g/mol. The van der Waals surface area contributed by atoms with Gasteiger partial charge in [0, 0.05) is 29.3 Å². The first-order valence-corrected chi connectivity index (χ1v) is 11.1. The Morgan fingerprint density at radius 2 is 2.10 bits per heavy atom. The highest BCUT2D eigenvalue weighted by atomic mass is 16.3. The van der Waals surface area contributed by atoms with E-state index in [-0.39, 0.29) is 12.5 Å². The molecule has 2 aromatic rings. The number of rotatable bonds is 5. The molecule has 6 nitrogen and oxygen atoms in total. The van der Waals surface area contributed by atoms with Gasteiger partial charge in [0.1, 0.15) is 0 Å². The Bertz CT molecular complexity index is 1020. The molecular formula is C24H32N4O2. The van der Waals surface area contributed by atoms with Gasteiger partial charge < -0.3 is 15.0 Å². The topological polar surface area (TPSA) is 80.7 Å². The summed E-state index contributed by atoms with van der Waals surface area (Å²) in [6.07, 6.45) is 9.36. The van der Waals surface area contributed by atoms with Crippen LogP contribution in [0.1, 0.15) is 69.7 Å². The second-order valence-corrected chi connectivity index (χ2v) is 8.53. The van der Waals surface area contributed by atoms with E-state index >= 15 is 0 Å². The first-order chi connectivity index (χ1) is 14.6. The van der Waals surface area contributed by atoms with Crippen LogP contribution in [0.5, 0.6) is 0 Å². The van der Waals surface area contributed by atoms with Crippen LogP contribution in [0.15, 0.2) is 29.0 Å². The van der Waals surface area contributed by atoms with Gasteiger partial charge in [-0.1, -0.05) is 25.8 Å². The van der Waals surface area contributed by atoms with Gasteiger partial charge in [0.25, 0.3) is 0 Å². The van der Waals surface area contributed by atoms with Crippen LogP contribution in [0.3, 0.4) is 0 Å². The zero-order chi connectivity index (χ0) is 21.3. The monoisotopic (exact) mass is 408 g/mol. The van der Waals surface area contributed by atoms with E-state index in [0.717, 1.165) is 66.4 Å². The van der Waals surface area contributed by atoms with E-state index in [4.69, 9.17) is 0 Å². The zero-order valence-electron chi connectivity index (χ0n) is 18.2. The minimum absolute atomic E-state index is 0.0374. The van der Waals surface area contributed by atoms with Crippen LogP contribution in [0.2, 0.25) is 0 Å². The van der Waals surface area contributed by atoms with Gasteiger partial charge in [-0.25, -0.2) is 0 Å². The van der Waals surface area contributed by atoms with Gasteiger partial charge in [0.15, 0.2) is 0 Å². The maximum atomic E-state index is 13.5. The van der Waals surface area contributed by atoms with Crippen molar-refractivity contribution >= 4 is 28.7 Å². The number of aliphatic hydroxyl groups excluding tert-OH is 1. The Hall–Kier alpha value is -2.60. The number of fused-ring (bicyclic) bond motifs is 4. The minimum Gasteiger partial charge on any atom is -0.395 e. The van der Waals surface area contributed by atoms with Crippen molar-refractivity contribution in [3.63, 3.8) is 0 Å². The number of benzene rings is 1. The lowest BCUT2D eigenvalue weighted by molar-refractivity contribution is -0.123. The normalized spacial score (nSPS) is 24.2. The van der Waals surface area contributed by atoms with Crippen LogP contribution in [0, 0.1) is 0 Å². The first kappa shape index (κ1) is 20.7. The fourth-order valence-corrected chi connectivity index (χ4v) is 5.15. The van der Waals surface area contributed by atoms with Gasteiger partial charge in [0.2, 0.25) is 5.91 Å². The van der Waals surface area contributed by atoms with Crippen LogP contribution >= 0.6 is 0 Å². The highest BCUT2D eigenvalue weighted by molar-refractivity contribution is 6.11. The largest absolute Gasteiger partial charge is 0.395 e. The standard InChI is InChI=1S/C24H32N4O2/c1-4-9-24(5-2)19-13-20-18(12-22(19)28(10-11-29)23(24)30)17-8-6-7-16(3)14-25-26-15-21(17)27-20/h12-15,25,27,29H,4-11H2,1-3H3/b16-14+,26-15+. The van der Waals surface area contributed by atoms with Crippen molar-refractivity contribution in [3.8, 4) is 0 Å². The van der Waals surface area contributed by atoms with Gasteiger partial charge >= 0.3 is 0 Å². The highest BCUT2D eigenvalue weighted by Gasteiger charge is 2.49. The second-order valence-electron chi connectivity index (χ2n) is 8.53. The summed E-state index contributed by atoms with van der Waals surface area (Å²) in [5.41, 5.74) is 9.16. The predicted molar refractivity (Wildman–Crippen MR) is 122 cm³/mol. The average Bonchev–Trinajstić information content (AvgIpc) is 3.19. The van der Waals surface area contributed by atoms with E-state index in [2.05, 4.69) is 48.4 Å². The Balaban J connectivity index is 1.89. The van der Waals surface area contributed by atoms with Crippen molar-refractivity contribution < 1.29 is 9.90 Å². The summed E-state index contributed by atoms with van der Waals surface area (Å²) in [4.78, 5) is 18.8. The number of aliphatic hydroxyl groups is 1. The first-order valence-electron chi connectivity index (χ1n) is 11.1. The molecule has 0 bridgehead atoms. The Kier molecular flexibility index (Phi) is 5.69. The summed E-state index contributed by atoms with van der Waals surface area (Å²) in [6.45, 7) is 6.64. The number of anilines is 1. The van der Waals surface area contributed by atoms with Gasteiger partial charge in [-0.15, -0.1) is 0 Å². The molecule has 1 amide bonds. The van der Waals surface area contributed by atoms with Crippen LogP contribution in [0.25, 0.3) is 10.9 Å². The molecular weight excluding hydrogens is 376 g/mol. The summed E-state index contributed by atoms with van der Waals surface area (Å²) in [5, 5.41) is 15.1.